The zero-order valence-electron chi connectivity index (χ0n) is 15.4. The topological polar surface area (TPSA) is 0 Å². The van der Waals surface area contributed by atoms with Gasteiger partial charge in [0.05, 0.1) is 0 Å². The van der Waals surface area contributed by atoms with Gasteiger partial charge in [0.1, 0.15) is 0 Å². The summed E-state index contributed by atoms with van der Waals surface area (Å²) in [6.45, 7) is 2.26. The Labute approximate surface area is 155 Å². The van der Waals surface area contributed by atoms with Crippen molar-refractivity contribution in [2.75, 3.05) is 0 Å². The average Bonchev–Trinajstić information content (AvgIpc) is 2.68. The summed E-state index contributed by atoms with van der Waals surface area (Å²) < 4.78 is 26.4. The van der Waals surface area contributed by atoms with Crippen LogP contribution >= 0.6 is 0 Å². The summed E-state index contributed by atoms with van der Waals surface area (Å²) in [7, 11) is 0. The molecule has 26 heavy (non-hydrogen) atoms. The quantitative estimate of drug-likeness (QED) is 0.521. The normalized spacial score (nSPS) is 19.7. The van der Waals surface area contributed by atoms with Gasteiger partial charge in [-0.2, -0.15) is 0 Å². The predicted molar refractivity (Wildman–Crippen MR) is 104 cm³/mol. The number of rotatable bonds is 4. The molecule has 3 rings (SSSR count). The van der Waals surface area contributed by atoms with Gasteiger partial charge in [0, 0.05) is 11.5 Å². The van der Waals surface area contributed by atoms with Crippen LogP contribution in [0.5, 0.6) is 0 Å². The van der Waals surface area contributed by atoms with Crippen LogP contribution in [-0.2, 0) is 0 Å². The van der Waals surface area contributed by atoms with E-state index in [0.29, 0.717) is 11.5 Å². The highest BCUT2D eigenvalue weighted by atomic mass is 19.2. The molecule has 0 bridgehead atoms. The summed E-state index contributed by atoms with van der Waals surface area (Å²) in [5, 5.41) is 0. The van der Waals surface area contributed by atoms with Gasteiger partial charge >= 0.3 is 0 Å². The molecule has 0 atom stereocenters. The Morgan fingerprint density at radius 3 is 2.23 bits per heavy atom. The molecule has 0 amide bonds. The van der Waals surface area contributed by atoms with Crippen LogP contribution in [0.4, 0.5) is 8.78 Å². The summed E-state index contributed by atoms with van der Waals surface area (Å²) in [6, 6.07) is 11.7. The fourth-order valence-corrected chi connectivity index (χ4v) is 3.70. The fourth-order valence-electron chi connectivity index (χ4n) is 3.70. The van der Waals surface area contributed by atoms with Gasteiger partial charge in [-0.25, -0.2) is 8.78 Å². The predicted octanol–water partition coefficient (Wildman–Crippen LogP) is 6.98. The Kier molecular flexibility index (Phi) is 6.45. The maximum Gasteiger partial charge on any atom is 0.159 e. The van der Waals surface area contributed by atoms with Crippen LogP contribution in [0.1, 0.15) is 57.4 Å². The molecule has 0 radical (unpaired) electrons. The van der Waals surface area contributed by atoms with E-state index in [4.69, 9.17) is 0 Å². The van der Waals surface area contributed by atoms with Crippen LogP contribution in [0.15, 0.2) is 42.5 Å². The second-order valence-corrected chi connectivity index (χ2v) is 7.34. The van der Waals surface area contributed by atoms with Crippen molar-refractivity contribution >= 4 is 0 Å². The molecule has 0 saturated heterocycles. The molecule has 136 valence electrons. The number of unbranched alkanes of at least 4 members (excludes halogenated alkanes) is 1. The Hall–Kier alpha value is -2.14. The van der Waals surface area contributed by atoms with Gasteiger partial charge in [-0.1, -0.05) is 56.2 Å². The second-order valence-electron chi connectivity index (χ2n) is 7.34. The lowest BCUT2D eigenvalue weighted by Gasteiger charge is -2.25. The maximum atomic E-state index is 13.4. The van der Waals surface area contributed by atoms with Crippen LogP contribution in [0.2, 0.25) is 0 Å². The van der Waals surface area contributed by atoms with E-state index in [2.05, 4.69) is 18.8 Å². The van der Waals surface area contributed by atoms with E-state index in [0.717, 1.165) is 23.1 Å². The minimum absolute atomic E-state index is 0.513. The average molecular weight is 352 g/mol. The Morgan fingerprint density at radius 2 is 1.58 bits per heavy atom. The molecule has 0 aliphatic heterocycles. The first-order valence-corrected chi connectivity index (χ1v) is 9.72. The van der Waals surface area contributed by atoms with Gasteiger partial charge in [0.2, 0.25) is 0 Å². The van der Waals surface area contributed by atoms with Crippen molar-refractivity contribution in [3.05, 3.63) is 59.7 Å². The van der Waals surface area contributed by atoms with Crippen molar-refractivity contribution in [3.63, 3.8) is 0 Å². The molecular formula is C24H26F2. The minimum Gasteiger partial charge on any atom is -0.204 e. The van der Waals surface area contributed by atoms with Crippen LogP contribution in [-0.4, -0.2) is 0 Å². The summed E-state index contributed by atoms with van der Waals surface area (Å²) in [5.41, 5.74) is 2.52. The van der Waals surface area contributed by atoms with Crippen molar-refractivity contribution < 1.29 is 8.78 Å². The first kappa shape index (κ1) is 18.6. The Balaban J connectivity index is 1.58. The summed E-state index contributed by atoms with van der Waals surface area (Å²) in [4.78, 5) is 0. The van der Waals surface area contributed by atoms with Crippen LogP contribution in [0, 0.1) is 35.3 Å². The summed E-state index contributed by atoms with van der Waals surface area (Å²) >= 11 is 0. The van der Waals surface area contributed by atoms with Crippen molar-refractivity contribution in [3.8, 4) is 23.0 Å². The molecule has 0 N–H and O–H groups in total. The molecule has 0 nitrogen and oxygen atoms in total. The highest BCUT2D eigenvalue weighted by Crippen LogP contribution is 2.31. The zero-order valence-corrected chi connectivity index (χ0v) is 15.4. The molecular weight excluding hydrogens is 326 g/mol. The first-order valence-electron chi connectivity index (χ1n) is 9.72. The van der Waals surface area contributed by atoms with Gasteiger partial charge in [0.15, 0.2) is 11.6 Å². The molecule has 2 aromatic rings. The number of hydrogen-bond donors (Lipinski definition) is 0. The molecule has 0 aromatic heterocycles. The third kappa shape index (κ3) is 4.94. The summed E-state index contributed by atoms with van der Waals surface area (Å²) in [6.07, 6.45) is 9.08. The molecule has 0 heterocycles. The first-order chi connectivity index (χ1) is 12.7. The van der Waals surface area contributed by atoms with Gasteiger partial charge in [-0.3, -0.25) is 0 Å². The van der Waals surface area contributed by atoms with Crippen molar-refractivity contribution in [2.24, 2.45) is 11.8 Å². The molecule has 2 aromatic carbocycles. The molecule has 1 aliphatic rings. The number of benzene rings is 2. The minimum atomic E-state index is -0.819. The van der Waals surface area contributed by atoms with Crippen molar-refractivity contribution in [1.29, 1.82) is 0 Å². The third-order valence-corrected chi connectivity index (χ3v) is 5.37. The SMILES string of the molecule is CCCCC1CCC(C#Cc2ccc(-c3ccc(F)c(F)c3)cc2)CC1. The maximum absolute atomic E-state index is 13.4. The van der Waals surface area contributed by atoms with E-state index >= 15 is 0 Å². The Bertz CT molecular complexity index is 772. The Morgan fingerprint density at radius 1 is 0.885 bits per heavy atom. The monoisotopic (exact) mass is 352 g/mol. The lowest BCUT2D eigenvalue weighted by molar-refractivity contribution is 0.296. The van der Waals surface area contributed by atoms with Gasteiger partial charge in [-0.05, 0) is 67.0 Å². The molecule has 1 aliphatic carbocycles. The van der Waals surface area contributed by atoms with Crippen molar-refractivity contribution in [2.45, 2.75) is 51.9 Å². The van der Waals surface area contributed by atoms with Crippen molar-refractivity contribution in [1.82, 2.24) is 0 Å². The number of hydrogen-bond acceptors (Lipinski definition) is 0. The molecule has 0 unspecified atom stereocenters. The third-order valence-electron chi connectivity index (χ3n) is 5.37. The smallest absolute Gasteiger partial charge is 0.159 e. The van der Waals surface area contributed by atoms with E-state index in [1.165, 1.54) is 51.0 Å². The van der Waals surface area contributed by atoms with Gasteiger partial charge in [-0.15, -0.1) is 0 Å². The van der Waals surface area contributed by atoms with Crippen LogP contribution < -0.4 is 0 Å². The van der Waals surface area contributed by atoms with E-state index < -0.39 is 11.6 Å². The molecule has 0 spiro atoms. The van der Waals surface area contributed by atoms with E-state index in [-0.39, 0.29) is 0 Å². The summed E-state index contributed by atoms with van der Waals surface area (Å²) in [5.74, 6) is 6.50. The lowest BCUT2D eigenvalue weighted by atomic mass is 9.80. The molecule has 1 saturated carbocycles. The van der Waals surface area contributed by atoms with Gasteiger partial charge < -0.3 is 0 Å². The standard InChI is InChI=1S/C24H26F2/c1-2-3-4-18-5-7-19(8-6-18)9-10-20-11-13-21(14-12-20)22-15-16-23(25)24(26)17-22/h11-19H,2-8H2,1H3. The van der Waals surface area contributed by atoms with Gasteiger partial charge in [0.25, 0.3) is 0 Å². The van der Waals surface area contributed by atoms with E-state index in [1.54, 1.807) is 6.07 Å². The van der Waals surface area contributed by atoms with E-state index in [9.17, 15) is 8.78 Å². The molecule has 2 heteroatoms. The lowest BCUT2D eigenvalue weighted by Crippen LogP contribution is -2.13. The van der Waals surface area contributed by atoms with E-state index in [1.807, 2.05) is 24.3 Å². The van der Waals surface area contributed by atoms with Crippen LogP contribution in [0.25, 0.3) is 11.1 Å². The second kappa shape index (κ2) is 8.99. The zero-order chi connectivity index (χ0) is 18.4. The van der Waals surface area contributed by atoms with Crippen LogP contribution in [0.3, 0.4) is 0 Å². The molecule has 1 fully saturated rings. The fraction of sp³-hybridized carbons (Fsp3) is 0.417. The highest BCUT2D eigenvalue weighted by Gasteiger charge is 2.19. The number of halogens is 2. The highest BCUT2D eigenvalue weighted by molar-refractivity contribution is 5.64. The largest absolute Gasteiger partial charge is 0.204 e.